The van der Waals surface area contributed by atoms with Gasteiger partial charge in [0.1, 0.15) is 0 Å². The van der Waals surface area contributed by atoms with E-state index in [-0.39, 0.29) is 6.04 Å². The molecule has 0 spiro atoms. The average molecular weight is 244 g/mol. The first-order valence-corrected chi connectivity index (χ1v) is 6.17. The minimum absolute atomic E-state index is 0.279. The molecule has 1 saturated heterocycles. The first-order valence-electron chi connectivity index (χ1n) is 6.17. The molecular formula is C13H16N4O. The molecule has 0 radical (unpaired) electrons. The lowest BCUT2D eigenvalue weighted by Crippen LogP contribution is -2.26. The van der Waals surface area contributed by atoms with E-state index in [2.05, 4.69) is 15.0 Å². The molecule has 1 fully saturated rings. The maximum atomic E-state index is 5.87. The molecule has 0 unspecified atom stereocenters. The fourth-order valence-corrected chi connectivity index (χ4v) is 2.22. The van der Waals surface area contributed by atoms with Crippen molar-refractivity contribution < 1.29 is 4.52 Å². The minimum atomic E-state index is 0.279. The number of hydrogen-bond acceptors (Lipinski definition) is 5. The van der Waals surface area contributed by atoms with Crippen molar-refractivity contribution in [3.63, 3.8) is 0 Å². The summed E-state index contributed by atoms with van der Waals surface area (Å²) in [6, 6.07) is 10.1. The number of aromatic nitrogens is 2. The zero-order valence-electron chi connectivity index (χ0n) is 10.1. The zero-order valence-corrected chi connectivity index (χ0v) is 10.1. The van der Waals surface area contributed by atoms with E-state index in [1.165, 1.54) is 0 Å². The molecule has 3 rings (SSSR count). The van der Waals surface area contributed by atoms with Crippen LogP contribution in [0.1, 0.15) is 12.3 Å². The van der Waals surface area contributed by atoms with E-state index in [1.807, 2.05) is 30.3 Å². The molecule has 5 nitrogen and oxygen atoms in total. The van der Waals surface area contributed by atoms with Gasteiger partial charge in [0.05, 0.1) is 6.54 Å². The van der Waals surface area contributed by atoms with Gasteiger partial charge in [-0.05, 0) is 6.42 Å². The van der Waals surface area contributed by atoms with Crippen LogP contribution in [0.15, 0.2) is 34.9 Å². The van der Waals surface area contributed by atoms with Gasteiger partial charge in [0.15, 0.2) is 0 Å². The molecule has 0 aliphatic carbocycles. The molecule has 1 atom stereocenters. The SMILES string of the molecule is N[C@@H]1CCN(Cc2nc(-c3ccccc3)no2)C1. The molecule has 2 heterocycles. The van der Waals surface area contributed by atoms with Crippen molar-refractivity contribution in [1.82, 2.24) is 15.0 Å². The molecule has 1 aromatic heterocycles. The molecule has 18 heavy (non-hydrogen) atoms. The van der Waals surface area contributed by atoms with Crippen LogP contribution in [0.5, 0.6) is 0 Å². The molecule has 5 heteroatoms. The predicted molar refractivity (Wildman–Crippen MR) is 67.6 cm³/mol. The van der Waals surface area contributed by atoms with Crippen molar-refractivity contribution in [3.8, 4) is 11.4 Å². The van der Waals surface area contributed by atoms with E-state index in [1.54, 1.807) is 0 Å². The smallest absolute Gasteiger partial charge is 0.241 e. The molecule has 0 saturated carbocycles. The number of benzene rings is 1. The van der Waals surface area contributed by atoms with Crippen molar-refractivity contribution in [2.45, 2.75) is 19.0 Å². The van der Waals surface area contributed by atoms with Crippen LogP contribution in [0.25, 0.3) is 11.4 Å². The van der Waals surface area contributed by atoms with Gasteiger partial charge in [-0.15, -0.1) is 0 Å². The Bertz CT molecular complexity index is 511. The molecule has 1 aliphatic rings. The second-order valence-electron chi connectivity index (χ2n) is 4.66. The van der Waals surface area contributed by atoms with Gasteiger partial charge in [-0.3, -0.25) is 4.90 Å². The molecule has 1 aliphatic heterocycles. The first-order chi connectivity index (χ1) is 8.81. The monoisotopic (exact) mass is 244 g/mol. The lowest BCUT2D eigenvalue weighted by Gasteiger charge is -2.10. The second kappa shape index (κ2) is 4.88. The lowest BCUT2D eigenvalue weighted by atomic mass is 10.2. The van der Waals surface area contributed by atoms with Gasteiger partial charge in [0.25, 0.3) is 0 Å². The number of rotatable bonds is 3. The third kappa shape index (κ3) is 2.42. The molecule has 94 valence electrons. The van der Waals surface area contributed by atoms with Crippen LogP contribution in [-0.4, -0.2) is 34.2 Å². The Kier molecular flexibility index (Phi) is 3.08. The summed E-state index contributed by atoms with van der Waals surface area (Å²) in [6.45, 7) is 2.60. The van der Waals surface area contributed by atoms with Crippen LogP contribution < -0.4 is 5.73 Å². The zero-order chi connectivity index (χ0) is 12.4. The van der Waals surface area contributed by atoms with Crippen LogP contribution in [-0.2, 0) is 6.54 Å². The van der Waals surface area contributed by atoms with Crippen molar-refractivity contribution >= 4 is 0 Å². The van der Waals surface area contributed by atoms with E-state index in [0.717, 1.165) is 25.1 Å². The van der Waals surface area contributed by atoms with E-state index in [0.29, 0.717) is 18.3 Å². The van der Waals surface area contributed by atoms with Gasteiger partial charge in [-0.2, -0.15) is 4.98 Å². The first kappa shape index (κ1) is 11.4. The van der Waals surface area contributed by atoms with E-state index >= 15 is 0 Å². The molecular weight excluding hydrogens is 228 g/mol. The standard InChI is InChI=1S/C13H16N4O/c14-11-6-7-17(8-11)9-12-15-13(16-18-12)10-4-2-1-3-5-10/h1-5,11H,6-9,14H2/t11-/m1/s1. The summed E-state index contributed by atoms with van der Waals surface area (Å²) in [5, 5.41) is 4.00. The van der Waals surface area contributed by atoms with Crippen molar-refractivity contribution in [2.75, 3.05) is 13.1 Å². The summed E-state index contributed by atoms with van der Waals surface area (Å²) >= 11 is 0. The molecule has 1 aromatic carbocycles. The Hall–Kier alpha value is -1.72. The fraction of sp³-hybridized carbons (Fsp3) is 0.385. The topological polar surface area (TPSA) is 68.2 Å². The van der Waals surface area contributed by atoms with Gasteiger partial charge >= 0.3 is 0 Å². The highest BCUT2D eigenvalue weighted by molar-refractivity contribution is 5.53. The van der Waals surface area contributed by atoms with E-state index in [9.17, 15) is 0 Å². The van der Waals surface area contributed by atoms with Crippen LogP contribution in [0.2, 0.25) is 0 Å². The van der Waals surface area contributed by atoms with Crippen LogP contribution in [0, 0.1) is 0 Å². The predicted octanol–water partition coefficient (Wildman–Crippen LogP) is 1.27. The normalized spacial score (nSPS) is 20.4. The average Bonchev–Trinajstić information content (AvgIpc) is 3.01. The van der Waals surface area contributed by atoms with Gasteiger partial charge in [0.2, 0.25) is 11.7 Å². The van der Waals surface area contributed by atoms with Crippen LogP contribution >= 0.6 is 0 Å². The number of nitrogens with two attached hydrogens (primary N) is 1. The summed E-state index contributed by atoms with van der Waals surface area (Å²) in [6.07, 6.45) is 1.04. The van der Waals surface area contributed by atoms with Crippen molar-refractivity contribution in [3.05, 3.63) is 36.2 Å². The summed E-state index contributed by atoms with van der Waals surface area (Å²) in [4.78, 5) is 6.65. The maximum Gasteiger partial charge on any atom is 0.241 e. The highest BCUT2D eigenvalue weighted by Crippen LogP contribution is 2.16. The third-order valence-corrected chi connectivity index (χ3v) is 3.17. The summed E-state index contributed by atoms with van der Waals surface area (Å²) < 4.78 is 5.27. The molecule has 2 aromatic rings. The quantitative estimate of drug-likeness (QED) is 0.880. The summed E-state index contributed by atoms with van der Waals surface area (Å²) in [5.41, 5.74) is 6.84. The molecule has 2 N–H and O–H groups in total. The third-order valence-electron chi connectivity index (χ3n) is 3.17. The van der Waals surface area contributed by atoms with Crippen molar-refractivity contribution in [2.24, 2.45) is 5.73 Å². The summed E-state index contributed by atoms with van der Waals surface area (Å²) in [5.74, 6) is 1.30. The van der Waals surface area contributed by atoms with Gasteiger partial charge in [0, 0.05) is 24.7 Å². The van der Waals surface area contributed by atoms with Crippen molar-refractivity contribution in [1.29, 1.82) is 0 Å². The highest BCUT2D eigenvalue weighted by Gasteiger charge is 2.21. The van der Waals surface area contributed by atoms with Crippen LogP contribution in [0.4, 0.5) is 0 Å². The Labute approximate surface area is 106 Å². The van der Waals surface area contributed by atoms with Crippen LogP contribution in [0.3, 0.4) is 0 Å². The molecule has 0 amide bonds. The van der Waals surface area contributed by atoms with E-state index in [4.69, 9.17) is 10.3 Å². The largest absolute Gasteiger partial charge is 0.338 e. The lowest BCUT2D eigenvalue weighted by molar-refractivity contribution is 0.265. The minimum Gasteiger partial charge on any atom is -0.338 e. The van der Waals surface area contributed by atoms with Gasteiger partial charge in [-0.1, -0.05) is 35.5 Å². The maximum absolute atomic E-state index is 5.87. The van der Waals surface area contributed by atoms with Gasteiger partial charge in [-0.25, -0.2) is 0 Å². The van der Waals surface area contributed by atoms with E-state index < -0.39 is 0 Å². The number of nitrogens with zero attached hydrogens (tertiary/aromatic N) is 3. The number of hydrogen-bond donors (Lipinski definition) is 1. The fourth-order valence-electron chi connectivity index (χ4n) is 2.22. The Morgan fingerprint density at radius 3 is 2.89 bits per heavy atom. The Morgan fingerprint density at radius 2 is 2.17 bits per heavy atom. The molecule has 0 bridgehead atoms. The summed E-state index contributed by atoms with van der Waals surface area (Å²) in [7, 11) is 0. The second-order valence-corrected chi connectivity index (χ2v) is 4.66. The Balaban J connectivity index is 1.70. The number of likely N-dealkylation sites (tertiary alicyclic amines) is 1. The Morgan fingerprint density at radius 1 is 1.33 bits per heavy atom. The van der Waals surface area contributed by atoms with Gasteiger partial charge < -0.3 is 10.3 Å². The highest BCUT2D eigenvalue weighted by atomic mass is 16.5.